The summed E-state index contributed by atoms with van der Waals surface area (Å²) in [5.41, 5.74) is 9.21. The molecular weight excluding hydrogens is 272 g/mol. The number of aliphatic hydroxyl groups is 1. The van der Waals surface area contributed by atoms with E-state index in [-0.39, 0.29) is 24.7 Å². The van der Waals surface area contributed by atoms with E-state index in [0.717, 1.165) is 11.1 Å². The minimum Gasteiger partial charge on any atom is -0.392 e. The van der Waals surface area contributed by atoms with E-state index in [9.17, 15) is 13.9 Å². The van der Waals surface area contributed by atoms with Gasteiger partial charge in [-0.1, -0.05) is 18.2 Å². The van der Waals surface area contributed by atoms with E-state index in [4.69, 9.17) is 5.73 Å². The van der Waals surface area contributed by atoms with Gasteiger partial charge in [0.1, 0.15) is 0 Å². The number of halogens is 2. The monoisotopic (exact) mass is 297 g/mol. The molecule has 1 aliphatic rings. The first kappa shape index (κ1) is 16.4. The predicted molar refractivity (Wildman–Crippen MR) is 80.6 cm³/mol. The fourth-order valence-electron chi connectivity index (χ4n) is 3.20. The topological polar surface area (TPSA) is 46.2 Å². The number of alkyl halides is 2. The SMILES string of the molecule is Cc1ccc(C(CN)C(O)C2CCC(F)(F)CC2)cc1C. The van der Waals surface area contributed by atoms with E-state index in [1.807, 2.05) is 32.0 Å². The Bertz CT molecular complexity index is 480. The van der Waals surface area contributed by atoms with Crippen LogP contribution in [0.15, 0.2) is 18.2 Å². The summed E-state index contributed by atoms with van der Waals surface area (Å²) in [5.74, 6) is -2.82. The molecule has 0 aromatic heterocycles. The second kappa shape index (κ2) is 6.41. The molecule has 1 aromatic rings. The van der Waals surface area contributed by atoms with Crippen LogP contribution in [-0.2, 0) is 0 Å². The van der Waals surface area contributed by atoms with Crippen LogP contribution in [0.5, 0.6) is 0 Å². The van der Waals surface area contributed by atoms with Crippen LogP contribution in [0.1, 0.15) is 48.3 Å². The molecule has 1 saturated carbocycles. The number of nitrogens with two attached hydrogens (primary N) is 1. The maximum Gasteiger partial charge on any atom is 0.248 e. The van der Waals surface area contributed by atoms with Crippen molar-refractivity contribution in [1.29, 1.82) is 0 Å². The lowest BCUT2D eigenvalue weighted by Gasteiger charge is -2.35. The molecule has 0 saturated heterocycles. The second-order valence-corrected chi connectivity index (χ2v) is 6.37. The van der Waals surface area contributed by atoms with Gasteiger partial charge in [0.25, 0.3) is 0 Å². The molecule has 1 aliphatic carbocycles. The van der Waals surface area contributed by atoms with Crippen molar-refractivity contribution >= 4 is 0 Å². The second-order valence-electron chi connectivity index (χ2n) is 6.37. The van der Waals surface area contributed by atoms with E-state index in [1.165, 1.54) is 5.56 Å². The molecule has 0 heterocycles. The third-order valence-corrected chi connectivity index (χ3v) is 4.87. The van der Waals surface area contributed by atoms with Crippen LogP contribution in [0.4, 0.5) is 8.78 Å². The van der Waals surface area contributed by atoms with Crippen LogP contribution in [0.2, 0.25) is 0 Å². The molecule has 21 heavy (non-hydrogen) atoms. The highest BCUT2D eigenvalue weighted by Crippen LogP contribution is 2.40. The smallest absolute Gasteiger partial charge is 0.248 e. The molecule has 1 fully saturated rings. The number of hydrogen-bond acceptors (Lipinski definition) is 2. The van der Waals surface area contributed by atoms with Crippen LogP contribution in [0, 0.1) is 19.8 Å². The summed E-state index contributed by atoms with van der Waals surface area (Å²) in [7, 11) is 0. The molecule has 2 rings (SSSR count). The summed E-state index contributed by atoms with van der Waals surface area (Å²) < 4.78 is 26.5. The van der Waals surface area contributed by atoms with Gasteiger partial charge < -0.3 is 10.8 Å². The van der Waals surface area contributed by atoms with Crippen molar-refractivity contribution in [2.45, 2.75) is 57.5 Å². The van der Waals surface area contributed by atoms with E-state index in [0.29, 0.717) is 19.4 Å². The van der Waals surface area contributed by atoms with Crippen LogP contribution in [0.3, 0.4) is 0 Å². The highest BCUT2D eigenvalue weighted by atomic mass is 19.3. The third kappa shape index (κ3) is 3.80. The highest BCUT2D eigenvalue weighted by molar-refractivity contribution is 5.32. The number of benzene rings is 1. The average molecular weight is 297 g/mol. The fourth-order valence-corrected chi connectivity index (χ4v) is 3.20. The van der Waals surface area contributed by atoms with Crippen molar-refractivity contribution in [2.75, 3.05) is 6.54 Å². The highest BCUT2D eigenvalue weighted by Gasteiger charge is 2.39. The van der Waals surface area contributed by atoms with E-state index >= 15 is 0 Å². The molecule has 118 valence electrons. The Morgan fingerprint density at radius 2 is 1.86 bits per heavy atom. The van der Waals surface area contributed by atoms with Crippen molar-refractivity contribution in [3.8, 4) is 0 Å². The predicted octanol–water partition coefficient (Wildman–Crippen LogP) is 3.53. The molecule has 2 unspecified atom stereocenters. The fraction of sp³-hybridized carbons (Fsp3) is 0.647. The van der Waals surface area contributed by atoms with Gasteiger partial charge in [-0.05, 0) is 49.3 Å². The summed E-state index contributed by atoms with van der Waals surface area (Å²) >= 11 is 0. The summed E-state index contributed by atoms with van der Waals surface area (Å²) in [5, 5.41) is 10.6. The van der Waals surface area contributed by atoms with Crippen molar-refractivity contribution in [3.63, 3.8) is 0 Å². The van der Waals surface area contributed by atoms with Gasteiger partial charge >= 0.3 is 0 Å². The van der Waals surface area contributed by atoms with Gasteiger partial charge in [-0.25, -0.2) is 8.78 Å². The summed E-state index contributed by atoms with van der Waals surface area (Å²) in [6.07, 6.45) is -0.156. The quantitative estimate of drug-likeness (QED) is 0.893. The molecule has 0 spiro atoms. The number of aliphatic hydroxyl groups excluding tert-OH is 1. The molecule has 1 aromatic carbocycles. The standard InChI is InChI=1S/C17H25F2NO/c1-11-3-4-14(9-12(11)2)15(10-20)16(21)13-5-7-17(18,19)8-6-13/h3-4,9,13,15-16,21H,5-8,10,20H2,1-2H3. The first-order chi connectivity index (χ1) is 9.84. The van der Waals surface area contributed by atoms with Gasteiger partial charge in [0.15, 0.2) is 0 Å². The van der Waals surface area contributed by atoms with Crippen molar-refractivity contribution in [1.82, 2.24) is 0 Å². The average Bonchev–Trinajstić information content (AvgIpc) is 2.43. The molecule has 2 atom stereocenters. The molecule has 2 nitrogen and oxygen atoms in total. The van der Waals surface area contributed by atoms with Crippen LogP contribution >= 0.6 is 0 Å². The lowest BCUT2D eigenvalue weighted by Crippen LogP contribution is -2.37. The first-order valence-corrected chi connectivity index (χ1v) is 7.67. The molecular formula is C17H25F2NO. The Labute approximate surface area is 125 Å². The number of hydrogen-bond donors (Lipinski definition) is 2. The lowest BCUT2D eigenvalue weighted by atomic mass is 9.77. The Balaban J connectivity index is 2.11. The largest absolute Gasteiger partial charge is 0.392 e. The van der Waals surface area contributed by atoms with E-state index < -0.39 is 12.0 Å². The minimum atomic E-state index is -2.56. The molecule has 3 N–H and O–H groups in total. The van der Waals surface area contributed by atoms with E-state index in [1.54, 1.807) is 0 Å². The van der Waals surface area contributed by atoms with Crippen LogP contribution in [0.25, 0.3) is 0 Å². The summed E-state index contributed by atoms with van der Waals surface area (Å²) in [6, 6.07) is 6.06. The Kier molecular flexibility index (Phi) is 4.99. The van der Waals surface area contributed by atoms with Gasteiger partial charge in [0.05, 0.1) is 6.10 Å². The zero-order chi connectivity index (χ0) is 15.6. The molecule has 0 amide bonds. The normalized spacial score (nSPS) is 22.0. The van der Waals surface area contributed by atoms with Crippen molar-refractivity contribution in [2.24, 2.45) is 11.7 Å². The Morgan fingerprint density at radius 1 is 1.24 bits per heavy atom. The van der Waals surface area contributed by atoms with E-state index in [2.05, 4.69) is 0 Å². The summed E-state index contributed by atoms with van der Waals surface area (Å²) in [6.45, 7) is 4.40. The molecule has 0 radical (unpaired) electrons. The maximum absolute atomic E-state index is 13.2. The summed E-state index contributed by atoms with van der Waals surface area (Å²) in [4.78, 5) is 0. The molecule has 4 heteroatoms. The van der Waals surface area contributed by atoms with Gasteiger partial charge in [-0.3, -0.25) is 0 Å². The minimum absolute atomic E-state index is 0.0835. The zero-order valence-electron chi connectivity index (χ0n) is 12.8. The maximum atomic E-state index is 13.2. The van der Waals surface area contributed by atoms with Gasteiger partial charge in [0, 0.05) is 25.3 Å². The first-order valence-electron chi connectivity index (χ1n) is 7.67. The van der Waals surface area contributed by atoms with Crippen LogP contribution in [-0.4, -0.2) is 23.7 Å². The van der Waals surface area contributed by atoms with Crippen LogP contribution < -0.4 is 5.73 Å². The molecule has 0 aliphatic heterocycles. The van der Waals surface area contributed by atoms with Gasteiger partial charge in [0.2, 0.25) is 5.92 Å². The Morgan fingerprint density at radius 3 is 2.38 bits per heavy atom. The van der Waals surface area contributed by atoms with Gasteiger partial charge in [-0.2, -0.15) is 0 Å². The van der Waals surface area contributed by atoms with Crippen molar-refractivity contribution in [3.05, 3.63) is 34.9 Å². The van der Waals surface area contributed by atoms with Crippen molar-refractivity contribution < 1.29 is 13.9 Å². The lowest BCUT2D eigenvalue weighted by molar-refractivity contribution is -0.0651. The number of rotatable bonds is 4. The molecule has 0 bridgehead atoms. The third-order valence-electron chi connectivity index (χ3n) is 4.87. The number of aryl methyl sites for hydroxylation is 2. The Hall–Kier alpha value is -1.00. The van der Waals surface area contributed by atoms with Gasteiger partial charge in [-0.15, -0.1) is 0 Å². The zero-order valence-corrected chi connectivity index (χ0v) is 12.8.